The molecule has 6 heteroatoms. The third-order valence-electron chi connectivity index (χ3n) is 4.36. The monoisotopic (exact) mass is 452 g/mol. The van der Waals surface area contributed by atoms with Crippen LogP contribution < -0.4 is 15.0 Å². The second kappa shape index (κ2) is 9.39. The van der Waals surface area contributed by atoms with Crippen LogP contribution in [-0.4, -0.2) is 25.5 Å². The van der Waals surface area contributed by atoms with E-state index >= 15 is 0 Å². The number of ether oxygens (including phenoxy) is 1. The number of hydrogen-bond acceptors (Lipinski definition) is 3. The van der Waals surface area contributed by atoms with Gasteiger partial charge in [0.25, 0.3) is 11.8 Å². The Hall–Kier alpha value is -3.12. The van der Waals surface area contributed by atoms with Crippen LogP contribution in [0, 0.1) is 6.92 Å². The number of carbonyl (C=O) groups is 2. The molecule has 0 aromatic heterocycles. The summed E-state index contributed by atoms with van der Waals surface area (Å²) in [5.74, 6) is 0.236. The highest BCUT2D eigenvalue weighted by molar-refractivity contribution is 9.10. The summed E-state index contributed by atoms with van der Waals surface area (Å²) in [4.78, 5) is 26.3. The van der Waals surface area contributed by atoms with Gasteiger partial charge < -0.3 is 15.0 Å². The molecule has 0 saturated carbocycles. The summed E-state index contributed by atoms with van der Waals surface area (Å²) in [7, 11) is 1.73. The van der Waals surface area contributed by atoms with E-state index in [2.05, 4.69) is 21.2 Å². The molecule has 0 saturated heterocycles. The number of hydrogen-bond donors (Lipinski definition) is 1. The van der Waals surface area contributed by atoms with Crippen molar-refractivity contribution in [3.05, 3.63) is 88.4 Å². The normalized spacial score (nSPS) is 10.3. The van der Waals surface area contributed by atoms with Crippen molar-refractivity contribution in [2.75, 3.05) is 23.9 Å². The Morgan fingerprint density at radius 1 is 1.00 bits per heavy atom. The van der Waals surface area contributed by atoms with Crippen LogP contribution in [0.5, 0.6) is 5.75 Å². The Bertz CT molecular complexity index is 1000. The van der Waals surface area contributed by atoms with Crippen LogP contribution in [-0.2, 0) is 4.79 Å². The molecule has 3 rings (SSSR count). The lowest BCUT2D eigenvalue weighted by atomic mass is 10.1. The second-order valence-electron chi connectivity index (χ2n) is 6.52. The number of anilines is 2. The van der Waals surface area contributed by atoms with Gasteiger partial charge in [0.2, 0.25) is 0 Å². The summed E-state index contributed by atoms with van der Waals surface area (Å²) in [6.45, 7) is 1.85. The minimum absolute atomic E-state index is 0.0987. The molecule has 1 N–H and O–H groups in total. The fourth-order valence-electron chi connectivity index (χ4n) is 2.71. The molecule has 0 aliphatic rings. The quantitative estimate of drug-likeness (QED) is 0.568. The zero-order valence-electron chi connectivity index (χ0n) is 16.2. The number of halogens is 1. The summed E-state index contributed by atoms with van der Waals surface area (Å²) in [6, 6.07) is 21.7. The first-order valence-electron chi connectivity index (χ1n) is 9.06. The molecule has 3 aromatic rings. The van der Waals surface area contributed by atoms with E-state index in [-0.39, 0.29) is 18.4 Å². The highest BCUT2D eigenvalue weighted by Crippen LogP contribution is 2.21. The maximum Gasteiger partial charge on any atom is 0.262 e. The smallest absolute Gasteiger partial charge is 0.262 e. The predicted octanol–water partition coefficient (Wildman–Crippen LogP) is 5.05. The Balaban J connectivity index is 1.56. The van der Waals surface area contributed by atoms with E-state index in [0.29, 0.717) is 17.0 Å². The van der Waals surface area contributed by atoms with Crippen LogP contribution in [0.25, 0.3) is 0 Å². The van der Waals surface area contributed by atoms with Crippen LogP contribution in [0.2, 0.25) is 0 Å². The first kappa shape index (κ1) is 20.6. The minimum Gasteiger partial charge on any atom is -0.484 e. The van der Waals surface area contributed by atoms with Gasteiger partial charge in [0, 0.05) is 28.5 Å². The number of amides is 2. The number of benzene rings is 3. The Kier molecular flexibility index (Phi) is 6.67. The molecule has 0 fully saturated rings. The van der Waals surface area contributed by atoms with Crippen LogP contribution >= 0.6 is 15.9 Å². The summed E-state index contributed by atoms with van der Waals surface area (Å²) in [5.41, 5.74) is 2.99. The molecule has 29 heavy (non-hydrogen) atoms. The molecular formula is C23H21BrN2O3. The van der Waals surface area contributed by atoms with Gasteiger partial charge in [0.1, 0.15) is 5.75 Å². The van der Waals surface area contributed by atoms with Gasteiger partial charge in [0.05, 0.1) is 0 Å². The van der Waals surface area contributed by atoms with E-state index in [9.17, 15) is 9.59 Å². The number of rotatable bonds is 6. The number of nitrogens with one attached hydrogen (secondary N) is 1. The van der Waals surface area contributed by atoms with Crippen molar-refractivity contribution in [1.82, 2.24) is 0 Å². The number of nitrogens with zero attached hydrogens (tertiary/aromatic N) is 1. The fraction of sp³-hybridized carbons (Fsp3) is 0.130. The molecule has 0 spiro atoms. The van der Waals surface area contributed by atoms with Gasteiger partial charge in [-0.2, -0.15) is 0 Å². The molecule has 0 heterocycles. The third kappa shape index (κ3) is 5.45. The Morgan fingerprint density at radius 2 is 1.69 bits per heavy atom. The Labute approximate surface area is 178 Å². The van der Waals surface area contributed by atoms with E-state index in [1.165, 1.54) is 0 Å². The molecule has 3 aromatic carbocycles. The first-order chi connectivity index (χ1) is 13.9. The standard InChI is InChI=1S/C23H21BrN2O3/c1-16-14-20(12-13-21(16)24)29-15-22(27)25-18-10-8-17(9-11-18)23(28)26(2)19-6-4-3-5-7-19/h3-14H,15H2,1-2H3,(H,25,27). The SMILES string of the molecule is Cc1cc(OCC(=O)Nc2ccc(C(=O)N(C)c3ccccc3)cc2)ccc1Br. The predicted molar refractivity (Wildman–Crippen MR) is 119 cm³/mol. The van der Waals surface area contributed by atoms with Crippen LogP contribution in [0.1, 0.15) is 15.9 Å². The molecule has 148 valence electrons. The van der Waals surface area contributed by atoms with Crippen molar-refractivity contribution in [2.24, 2.45) is 0 Å². The van der Waals surface area contributed by atoms with E-state index in [1.807, 2.05) is 49.4 Å². The lowest BCUT2D eigenvalue weighted by molar-refractivity contribution is -0.118. The van der Waals surface area contributed by atoms with Gasteiger partial charge in [-0.15, -0.1) is 0 Å². The summed E-state index contributed by atoms with van der Waals surface area (Å²) < 4.78 is 6.51. The number of aryl methyl sites for hydroxylation is 1. The van der Waals surface area contributed by atoms with Gasteiger partial charge in [-0.3, -0.25) is 9.59 Å². The fourth-order valence-corrected chi connectivity index (χ4v) is 2.96. The molecule has 0 radical (unpaired) electrons. The van der Waals surface area contributed by atoms with Gasteiger partial charge in [0.15, 0.2) is 6.61 Å². The molecule has 2 amide bonds. The molecule has 0 aliphatic heterocycles. The van der Waals surface area contributed by atoms with Crippen molar-refractivity contribution < 1.29 is 14.3 Å². The van der Waals surface area contributed by atoms with Crippen molar-refractivity contribution in [1.29, 1.82) is 0 Å². The van der Waals surface area contributed by atoms with Gasteiger partial charge >= 0.3 is 0 Å². The average molecular weight is 453 g/mol. The summed E-state index contributed by atoms with van der Waals surface area (Å²) >= 11 is 3.43. The van der Waals surface area contributed by atoms with Gasteiger partial charge in [-0.1, -0.05) is 34.1 Å². The average Bonchev–Trinajstić information content (AvgIpc) is 2.74. The summed E-state index contributed by atoms with van der Waals surface area (Å²) in [6.07, 6.45) is 0. The van der Waals surface area contributed by atoms with E-state index in [4.69, 9.17) is 4.74 Å². The molecular weight excluding hydrogens is 432 g/mol. The molecule has 0 aliphatic carbocycles. The lowest BCUT2D eigenvalue weighted by Gasteiger charge is -2.17. The lowest BCUT2D eigenvalue weighted by Crippen LogP contribution is -2.26. The highest BCUT2D eigenvalue weighted by Gasteiger charge is 2.13. The highest BCUT2D eigenvalue weighted by atomic mass is 79.9. The van der Waals surface area contributed by atoms with Crippen molar-refractivity contribution in [2.45, 2.75) is 6.92 Å². The van der Waals surface area contributed by atoms with Crippen LogP contribution in [0.3, 0.4) is 0 Å². The van der Waals surface area contributed by atoms with Gasteiger partial charge in [-0.05, 0) is 67.1 Å². The minimum atomic E-state index is -0.272. The maximum absolute atomic E-state index is 12.6. The molecule has 5 nitrogen and oxygen atoms in total. The topological polar surface area (TPSA) is 58.6 Å². The van der Waals surface area contributed by atoms with Gasteiger partial charge in [-0.25, -0.2) is 0 Å². The first-order valence-corrected chi connectivity index (χ1v) is 9.85. The Morgan fingerprint density at radius 3 is 2.34 bits per heavy atom. The van der Waals surface area contributed by atoms with Crippen LogP contribution in [0.15, 0.2) is 77.3 Å². The third-order valence-corrected chi connectivity index (χ3v) is 5.25. The van der Waals surface area contributed by atoms with E-state index < -0.39 is 0 Å². The summed E-state index contributed by atoms with van der Waals surface area (Å²) in [5, 5.41) is 2.77. The van der Waals surface area contributed by atoms with Crippen molar-refractivity contribution in [3.8, 4) is 5.75 Å². The number of carbonyl (C=O) groups excluding carboxylic acids is 2. The maximum atomic E-state index is 12.6. The van der Waals surface area contributed by atoms with Crippen LogP contribution in [0.4, 0.5) is 11.4 Å². The molecule has 0 bridgehead atoms. The zero-order valence-corrected chi connectivity index (χ0v) is 17.8. The second-order valence-corrected chi connectivity index (χ2v) is 7.38. The van der Waals surface area contributed by atoms with E-state index in [0.717, 1.165) is 15.7 Å². The van der Waals surface area contributed by atoms with Crippen molar-refractivity contribution in [3.63, 3.8) is 0 Å². The zero-order chi connectivity index (χ0) is 20.8. The van der Waals surface area contributed by atoms with Crippen molar-refractivity contribution >= 4 is 39.1 Å². The largest absolute Gasteiger partial charge is 0.484 e. The molecule has 0 unspecified atom stereocenters. The number of para-hydroxylation sites is 1. The van der Waals surface area contributed by atoms with E-state index in [1.54, 1.807) is 42.3 Å². The molecule has 0 atom stereocenters.